The summed E-state index contributed by atoms with van der Waals surface area (Å²) in [4.78, 5) is 12.0. The standard InChI is InChI=1S/C45H82O15S/c1-3-4-5-6-7-8-9-10-11-12-13-14-15-16-45(46)59-41-39-57-37-35-55-33-31-53-29-27-51-25-23-49-21-22-50-24-26-52-28-30-54-32-34-56-36-38-58-40-42-60-61(47,48)44-19-17-43(2)18-20-44/h17-20H,3-16,21-42H2,1-2H3. The third-order valence-electron chi connectivity index (χ3n) is 9.10. The maximum absolute atomic E-state index is 12.1. The molecule has 358 valence electrons. The molecule has 1 rings (SSSR count). The van der Waals surface area contributed by atoms with E-state index in [1.54, 1.807) is 12.1 Å². The van der Waals surface area contributed by atoms with Gasteiger partial charge in [0.05, 0.1) is 144 Å². The zero-order valence-electron chi connectivity index (χ0n) is 37.8. The first-order chi connectivity index (χ1) is 30.0. The van der Waals surface area contributed by atoms with Crippen molar-refractivity contribution in [3.63, 3.8) is 0 Å². The van der Waals surface area contributed by atoms with E-state index in [9.17, 15) is 13.2 Å². The van der Waals surface area contributed by atoms with Gasteiger partial charge in [0, 0.05) is 6.42 Å². The summed E-state index contributed by atoms with van der Waals surface area (Å²) < 4.78 is 89.1. The molecule has 0 bridgehead atoms. The van der Waals surface area contributed by atoms with E-state index in [1.807, 2.05) is 6.92 Å². The monoisotopic (exact) mass is 895 g/mol. The highest BCUT2D eigenvalue weighted by Crippen LogP contribution is 2.14. The Morgan fingerprint density at radius 3 is 1.00 bits per heavy atom. The van der Waals surface area contributed by atoms with E-state index in [0.717, 1.165) is 18.4 Å². The second-order valence-electron chi connectivity index (χ2n) is 14.4. The minimum atomic E-state index is -3.78. The van der Waals surface area contributed by atoms with E-state index in [0.29, 0.717) is 132 Å². The molecule has 0 fully saturated rings. The van der Waals surface area contributed by atoms with Crippen molar-refractivity contribution in [2.24, 2.45) is 0 Å². The van der Waals surface area contributed by atoms with Crippen LogP contribution in [0.2, 0.25) is 0 Å². The predicted molar refractivity (Wildman–Crippen MR) is 234 cm³/mol. The summed E-state index contributed by atoms with van der Waals surface area (Å²) in [5, 5.41) is 0. The molecule has 0 heterocycles. The summed E-state index contributed by atoms with van der Waals surface area (Å²) in [7, 11) is -3.78. The van der Waals surface area contributed by atoms with E-state index in [1.165, 1.54) is 82.8 Å². The molecule has 0 N–H and O–H groups in total. The smallest absolute Gasteiger partial charge is 0.305 e. The molecule has 0 unspecified atom stereocenters. The average Bonchev–Trinajstić information content (AvgIpc) is 3.25. The highest BCUT2D eigenvalue weighted by atomic mass is 32.2. The Labute approximate surface area is 368 Å². The first-order valence-electron chi connectivity index (χ1n) is 22.8. The summed E-state index contributed by atoms with van der Waals surface area (Å²) in [5.74, 6) is -0.139. The zero-order chi connectivity index (χ0) is 44.0. The minimum Gasteiger partial charge on any atom is -0.463 e. The lowest BCUT2D eigenvalue weighted by atomic mass is 10.0. The molecule has 61 heavy (non-hydrogen) atoms. The number of ether oxygens (including phenoxy) is 11. The van der Waals surface area contributed by atoms with Gasteiger partial charge in [-0.2, -0.15) is 8.42 Å². The van der Waals surface area contributed by atoms with Crippen molar-refractivity contribution < 1.29 is 69.5 Å². The summed E-state index contributed by atoms with van der Waals surface area (Å²) >= 11 is 0. The van der Waals surface area contributed by atoms with Gasteiger partial charge in [0.15, 0.2) is 0 Å². The zero-order valence-corrected chi connectivity index (χ0v) is 38.6. The number of carbonyl (C=O) groups excluding carboxylic acids is 1. The van der Waals surface area contributed by atoms with Crippen LogP contribution in [0.15, 0.2) is 29.2 Å². The fourth-order valence-electron chi connectivity index (χ4n) is 5.63. The number of rotatable bonds is 49. The molecule has 16 heteroatoms. The van der Waals surface area contributed by atoms with Gasteiger partial charge in [-0.25, -0.2) is 0 Å². The minimum absolute atomic E-state index is 0.0632. The van der Waals surface area contributed by atoms with Gasteiger partial charge in [-0.05, 0) is 25.5 Å². The predicted octanol–water partition coefficient (Wildman–Crippen LogP) is 6.89. The van der Waals surface area contributed by atoms with Crippen molar-refractivity contribution in [1.29, 1.82) is 0 Å². The van der Waals surface area contributed by atoms with Gasteiger partial charge >= 0.3 is 5.97 Å². The molecule has 0 aliphatic heterocycles. The summed E-state index contributed by atoms with van der Waals surface area (Å²) in [5.41, 5.74) is 0.973. The van der Waals surface area contributed by atoms with E-state index in [2.05, 4.69) is 6.92 Å². The van der Waals surface area contributed by atoms with E-state index < -0.39 is 10.1 Å². The van der Waals surface area contributed by atoms with Crippen LogP contribution in [0, 0.1) is 6.92 Å². The Kier molecular flexibility index (Phi) is 42.0. The van der Waals surface area contributed by atoms with Crippen LogP contribution in [0.3, 0.4) is 0 Å². The maximum atomic E-state index is 12.1. The Morgan fingerprint density at radius 1 is 0.393 bits per heavy atom. The van der Waals surface area contributed by atoms with Crippen LogP contribution in [-0.2, 0) is 71.2 Å². The lowest BCUT2D eigenvalue weighted by Crippen LogP contribution is -2.16. The summed E-state index contributed by atoms with van der Waals surface area (Å²) in [6.45, 7) is 13.0. The van der Waals surface area contributed by atoms with E-state index in [4.69, 9.17) is 56.3 Å². The van der Waals surface area contributed by atoms with Crippen LogP contribution in [0.4, 0.5) is 0 Å². The lowest BCUT2D eigenvalue weighted by molar-refractivity contribution is -0.145. The molecule has 0 amide bonds. The van der Waals surface area contributed by atoms with Gasteiger partial charge in [0.25, 0.3) is 10.1 Å². The average molecular weight is 895 g/mol. The Hall–Kier alpha value is -1.80. The number of carbonyl (C=O) groups is 1. The Morgan fingerprint density at radius 2 is 0.672 bits per heavy atom. The van der Waals surface area contributed by atoms with Gasteiger partial charge in [-0.1, -0.05) is 102 Å². The fraction of sp³-hybridized carbons (Fsp3) is 0.844. The van der Waals surface area contributed by atoms with Crippen LogP contribution in [0.1, 0.15) is 102 Å². The molecule has 0 aliphatic carbocycles. The molecule has 1 aromatic carbocycles. The molecule has 0 saturated carbocycles. The number of hydrogen-bond donors (Lipinski definition) is 0. The molecular formula is C45H82O15S. The van der Waals surface area contributed by atoms with Crippen molar-refractivity contribution in [3.05, 3.63) is 29.8 Å². The van der Waals surface area contributed by atoms with Gasteiger partial charge in [-0.3, -0.25) is 8.98 Å². The van der Waals surface area contributed by atoms with Crippen LogP contribution in [-0.4, -0.2) is 160 Å². The van der Waals surface area contributed by atoms with Crippen LogP contribution in [0.5, 0.6) is 0 Å². The number of hydrogen-bond acceptors (Lipinski definition) is 15. The third kappa shape index (κ3) is 40.7. The molecule has 0 atom stereocenters. The maximum Gasteiger partial charge on any atom is 0.305 e. The van der Waals surface area contributed by atoms with Crippen molar-refractivity contribution in [3.8, 4) is 0 Å². The van der Waals surface area contributed by atoms with Crippen molar-refractivity contribution in [1.82, 2.24) is 0 Å². The molecule has 1 aromatic rings. The Balaban J connectivity index is 1.66. The summed E-state index contributed by atoms with van der Waals surface area (Å²) in [6.07, 6.45) is 17.2. The third-order valence-corrected chi connectivity index (χ3v) is 10.4. The normalized spacial score (nSPS) is 11.8. The van der Waals surface area contributed by atoms with Crippen LogP contribution < -0.4 is 0 Å². The van der Waals surface area contributed by atoms with E-state index >= 15 is 0 Å². The number of unbranched alkanes of at least 4 members (excludes halogenated alkanes) is 12. The molecule has 0 saturated heterocycles. The first kappa shape index (κ1) is 57.2. The van der Waals surface area contributed by atoms with Crippen LogP contribution >= 0.6 is 0 Å². The largest absolute Gasteiger partial charge is 0.463 e. The second-order valence-corrected chi connectivity index (χ2v) is 16.0. The van der Waals surface area contributed by atoms with Gasteiger partial charge in [-0.15, -0.1) is 0 Å². The number of esters is 1. The Bertz CT molecular complexity index is 1170. The van der Waals surface area contributed by atoms with Gasteiger partial charge < -0.3 is 52.1 Å². The number of aryl methyl sites for hydroxylation is 1. The molecule has 0 aliphatic rings. The van der Waals surface area contributed by atoms with Crippen molar-refractivity contribution >= 4 is 16.1 Å². The molecular weight excluding hydrogens is 813 g/mol. The van der Waals surface area contributed by atoms with E-state index in [-0.39, 0.29) is 30.7 Å². The van der Waals surface area contributed by atoms with Gasteiger partial charge in [0.2, 0.25) is 0 Å². The first-order valence-corrected chi connectivity index (χ1v) is 24.3. The van der Waals surface area contributed by atoms with Crippen molar-refractivity contribution in [2.75, 3.05) is 145 Å². The fourth-order valence-corrected chi connectivity index (χ4v) is 6.52. The topological polar surface area (TPSA) is 162 Å². The van der Waals surface area contributed by atoms with Gasteiger partial charge in [0.1, 0.15) is 6.61 Å². The highest BCUT2D eigenvalue weighted by molar-refractivity contribution is 7.86. The molecule has 0 spiro atoms. The molecule has 0 radical (unpaired) electrons. The molecule has 15 nitrogen and oxygen atoms in total. The highest BCUT2D eigenvalue weighted by Gasteiger charge is 2.14. The molecule has 0 aromatic heterocycles. The number of benzene rings is 1. The van der Waals surface area contributed by atoms with Crippen molar-refractivity contribution in [2.45, 2.75) is 109 Å². The summed E-state index contributed by atoms with van der Waals surface area (Å²) in [6, 6.07) is 6.48. The lowest BCUT2D eigenvalue weighted by Gasteiger charge is -2.09. The second kappa shape index (κ2) is 44.8. The van der Waals surface area contributed by atoms with Crippen LogP contribution in [0.25, 0.3) is 0 Å². The SMILES string of the molecule is CCCCCCCCCCCCCCCC(=O)OCCOCCOCCOCCOCCOCCOCCOCCOCCOCCOCCOS(=O)(=O)c1ccc(C)cc1. The quantitative estimate of drug-likeness (QED) is 0.0377.